The molecule has 0 amide bonds. The van der Waals surface area contributed by atoms with Crippen LogP contribution in [0, 0.1) is 0 Å². The first kappa shape index (κ1) is 13.2. The third-order valence-corrected chi connectivity index (χ3v) is 3.00. The molecule has 1 aromatic heterocycles. The van der Waals surface area contributed by atoms with E-state index in [9.17, 15) is 4.79 Å². The van der Waals surface area contributed by atoms with Crippen LogP contribution >= 0.6 is 23.2 Å². The number of ether oxygens (including phenoxy) is 1. The highest BCUT2D eigenvalue weighted by atomic mass is 35.5. The van der Waals surface area contributed by atoms with Crippen molar-refractivity contribution in [3.8, 4) is 0 Å². The Balaban J connectivity index is 2.32. The zero-order valence-electron chi connectivity index (χ0n) is 10.1. The summed E-state index contributed by atoms with van der Waals surface area (Å²) < 4.78 is 6.88. The summed E-state index contributed by atoms with van der Waals surface area (Å²) in [6.07, 6.45) is 1.68. The highest BCUT2D eigenvalue weighted by Crippen LogP contribution is 2.28. The molecule has 2 aromatic rings. The lowest BCUT2D eigenvalue weighted by molar-refractivity contribution is -0.148. The lowest BCUT2D eigenvalue weighted by Gasteiger charge is -2.09. The smallest absolute Gasteiger partial charge is 0.326 e. The zero-order valence-corrected chi connectivity index (χ0v) is 11.6. The highest BCUT2D eigenvalue weighted by molar-refractivity contribution is 6.38. The molecule has 0 aliphatic carbocycles. The summed E-state index contributed by atoms with van der Waals surface area (Å²) in [5.74, 6) is -0.279. The van der Waals surface area contributed by atoms with E-state index in [0.717, 1.165) is 10.9 Å². The van der Waals surface area contributed by atoms with Crippen LogP contribution in [0.3, 0.4) is 0 Å². The molecule has 2 rings (SSSR count). The Morgan fingerprint density at radius 1 is 1.39 bits per heavy atom. The lowest BCUT2D eigenvalue weighted by Crippen LogP contribution is -2.16. The van der Waals surface area contributed by atoms with Crippen LogP contribution in [-0.2, 0) is 16.1 Å². The van der Waals surface area contributed by atoms with Crippen molar-refractivity contribution in [2.24, 2.45) is 0 Å². The third-order valence-electron chi connectivity index (χ3n) is 2.47. The molecule has 0 N–H and O–H groups in total. The van der Waals surface area contributed by atoms with Crippen LogP contribution in [0.25, 0.3) is 10.9 Å². The Kier molecular flexibility index (Phi) is 3.83. The van der Waals surface area contributed by atoms with Gasteiger partial charge >= 0.3 is 5.97 Å². The first-order chi connectivity index (χ1) is 8.47. The molecular weight excluding hydrogens is 273 g/mol. The first-order valence-corrected chi connectivity index (χ1v) is 6.36. The van der Waals surface area contributed by atoms with Gasteiger partial charge in [-0.1, -0.05) is 23.2 Å². The molecule has 18 heavy (non-hydrogen) atoms. The van der Waals surface area contributed by atoms with Crippen molar-refractivity contribution in [1.82, 2.24) is 4.57 Å². The minimum absolute atomic E-state index is 0.119. The number of carbonyl (C=O) groups is 1. The number of halogens is 2. The van der Waals surface area contributed by atoms with Crippen LogP contribution in [-0.4, -0.2) is 16.6 Å². The molecule has 0 radical (unpaired) electrons. The summed E-state index contributed by atoms with van der Waals surface area (Å²) >= 11 is 12.0. The van der Waals surface area contributed by atoms with Crippen molar-refractivity contribution in [1.29, 1.82) is 0 Å². The topological polar surface area (TPSA) is 31.2 Å². The van der Waals surface area contributed by atoms with Crippen molar-refractivity contribution in [3.63, 3.8) is 0 Å². The summed E-state index contributed by atoms with van der Waals surface area (Å²) in [6, 6.07) is 5.32. The molecule has 0 unspecified atom stereocenters. The van der Waals surface area contributed by atoms with E-state index in [1.54, 1.807) is 22.9 Å². The molecule has 0 spiro atoms. The van der Waals surface area contributed by atoms with Gasteiger partial charge < -0.3 is 9.30 Å². The van der Waals surface area contributed by atoms with E-state index in [4.69, 9.17) is 27.9 Å². The fraction of sp³-hybridized carbons (Fsp3) is 0.308. The van der Waals surface area contributed by atoms with E-state index in [-0.39, 0.29) is 18.6 Å². The third kappa shape index (κ3) is 2.79. The molecule has 0 saturated heterocycles. The number of fused-ring (bicyclic) bond motifs is 1. The second-order valence-electron chi connectivity index (χ2n) is 4.30. The molecule has 0 atom stereocenters. The predicted molar refractivity (Wildman–Crippen MR) is 73.2 cm³/mol. The summed E-state index contributed by atoms with van der Waals surface area (Å²) in [5, 5.41) is 2.00. The minimum Gasteiger partial charge on any atom is -0.462 e. The Hall–Kier alpha value is -1.19. The average Bonchev–Trinajstić information content (AvgIpc) is 2.60. The molecule has 0 aliphatic rings. The molecular formula is C13H13Cl2NO2. The average molecular weight is 286 g/mol. The van der Waals surface area contributed by atoms with E-state index in [0.29, 0.717) is 10.0 Å². The standard InChI is InChI=1S/C13H13Cl2NO2/c1-8(2)18-13(17)7-16-4-3-10-11(15)5-9(14)6-12(10)16/h3-6,8H,7H2,1-2H3. The van der Waals surface area contributed by atoms with Gasteiger partial charge in [0.1, 0.15) is 6.54 Å². The van der Waals surface area contributed by atoms with Gasteiger partial charge in [0.15, 0.2) is 0 Å². The van der Waals surface area contributed by atoms with Crippen molar-refractivity contribution >= 4 is 40.1 Å². The molecule has 0 bridgehead atoms. The maximum absolute atomic E-state index is 11.6. The number of aromatic nitrogens is 1. The quantitative estimate of drug-likeness (QED) is 0.801. The van der Waals surface area contributed by atoms with Gasteiger partial charge in [-0.3, -0.25) is 4.79 Å². The lowest BCUT2D eigenvalue weighted by atomic mass is 10.2. The number of hydrogen-bond acceptors (Lipinski definition) is 2. The maximum atomic E-state index is 11.6. The molecule has 5 heteroatoms. The second kappa shape index (κ2) is 5.21. The normalized spacial score (nSPS) is 11.2. The zero-order chi connectivity index (χ0) is 13.3. The summed E-state index contributed by atoms with van der Waals surface area (Å²) in [6.45, 7) is 3.79. The van der Waals surface area contributed by atoms with Gasteiger partial charge in [0.2, 0.25) is 0 Å². The van der Waals surface area contributed by atoms with Crippen molar-refractivity contribution in [2.75, 3.05) is 0 Å². The number of benzene rings is 1. The Bertz CT molecular complexity index is 590. The Morgan fingerprint density at radius 3 is 2.78 bits per heavy atom. The summed E-state index contributed by atoms with van der Waals surface area (Å²) in [7, 11) is 0. The van der Waals surface area contributed by atoms with Crippen LogP contribution in [0.1, 0.15) is 13.8 Å². The number of carbonyl (C=O) groups excluding carboxylic acids is 1. The van der Waals surface area contributed by atoms with Gasteiger partial charge in [-0.25, -0.2) is 0 Å². The van der Waals surface area contributed by atoms with E-state index < -0.39 is 0 Å². The van der Waals surface area contributed by atoms with E-state index in [1.807, 2.05) is 19.9 Å². The molecule has 1 heterocycles. The molecule has 96 valence electrons. The first-order valence-electron chi connectivity index (χ1n) is 5.60. The fourth-order valence-corrected chi connectivity index (χ4v) is 2.34. The van der Waals surface area contributed by atoms with Crippen molar-refractivity contribution in [3.05, 3.63) is 34.4 Å². The molecule has 0 saturated carbocycles. The van der Waals surface area contributed by atoms with Crippen molar-refractivity contribution < 1.29 is 9.53 Å². The van der Waals surface area contributed by atoms with Crippen molar-refractivity contribution in [2.45, 2.75) is 26.5 Å². The SMILES string of the molecule is CC(C)OC(=O)Cn1ccc2c(Cl)cc(Cl)cc21. The molecule has 1 aromatic carbocycles. The highest BCUT2D eigenvalue weighted by Gasteiger charge is 2.11. The number of rotatable bonds is 3. The van der Waals surface area contributed by atoms with Crippen LogP contribution in [0.2, 0.25) is 10.0 Å². The Morgan fingerprint density at radius 2 is 2.11 bits per heavy atom. The monoisotopic (exact) mass is 285 g/mol. The fourth-order valence-electron chi connectivity index (χ4n) is 1.80. The van der Waals surface area contributed by atoms with Gasteiger partial charge in [0.05, 0.1) is 16.6 Å². The maximum Gasteiger partial charge on any atom is 0.326 e. The molecule has 0 fully saturated rings. The van der Waals surface area contributed by atoms with Gasteiger partial charge in [0, 0.05) is 16.6 Å². The van der Waals surface area contributed by atoms with E-state index in [1.165, 1.54) is 0 Å². The van der Waals surface area contributed by atoms with Crippen LogP contribution in [0.5, 0.6) is 0 Å². The van der Waals surface area contributed by atoms with E-state index in [2.05, 4.69) is 0 Å². The van der Waals surface area contributed by atoms with Gasteiger partial charge in [-0.05, 0) is 32.0 Å². The largest absolute Gasteiger partial charge is 0.462 e. The number of esters is 1. The van der Waals surface area contributed by atoms with Gasteiger partial charge in [0.25, 0.3) is 0 Å². The van der Waals surface area contributed by atoms with Crippen LogP contribution in [0.15, 0.2) is 24.4 Å². The van der Waals surface area contributed by atoms with Crippen LogP contribution in [0.4, 0.5) is 0 Å². The van der Waals surface area contributed by atoms with E-state index >= 15 is 0 Å². The van der Waals surface area contributed by atoms with Gasteiger partial charge in [-0.2, -0.15) is 0 Å². The summed E-state index contributed by atoms with van der Waals surface area (Å²) in [4.78, 5) is 11.6. The van der Waals surface area contributed by atoms with Gasteiger partial charge in [-0.15, -0.1) is 0 Å². The molecule has 0 aliphatic heterocycles. The number of hydrogen-bond donors (Lipinski definition) is 0. The molecule has 3 nitrogen and oxygen atoms in total. The summed E-state index contributed by atoms with van der Waals surface area (Å²) in [5.41, 5.74) is 0.827. The predicted octanol–water partition coefficient (Wildman–Crippen LogP) is 3.90. The van der Waals surface area contributed by atoms with Crippen LogP contribution < -0.4 is 0 Å². The second-order valence-corrected chi connectivity index (χ2v) is 5.15. The Labute approximate surface area is 115 Å². The minimum atomic E-state index is -0.279. The number of nitrogens with zero attached hydrogens (tertiary/aromatic N) is 1.